The summed E-state index contributed by atoms with van der Waals surface area (Å²) < 4.78 is 5.18. The Hall–Kier alpha value is -1.42. The van der Waals surface area contributed by atoms with Crippen molar-refractivity contribution < 1.29 is 9.53 Å². The predicted molar refractivity (Wildman–Crippen MR) is 66.5 cm³/mol. The van der Waals surface area contributed by atoms with Crippen molar-refractivity contribution in [2.45, 2.75) is 6.92 Å². The molecule has 0 aliphatic carbocycles. The fraction of sp³-hybridized carbons (Fsp3) is 0.364. The zero-order valence-electron chi connectivity index (χ0n) is 9.34. The Morgan fingerprint density at radius 3 is 2.81 bits per heavy atom. The molecule has 2 N–H and O–H groups in total. The average molecular weight is 243 g/mol. The van der Waals surface area contributed by atoms with Crippen molar-refractivity contribution in [1.29, 1.82) is 0 Å². The number of rotatable bonds is 5. The van der Waals surface area contributed by atoms with Crippen molar-refractivity contribution in [3.8, 4) is 5.75 Å². The average Bonchev–Trinajstić information content (AvgIpc) is 2.25. The highest BCUT2D eigenvalue weighted by atomic mass is 35.5. The second-order valence-electron chi connectivity index (χ2n) is 3.21. The van der Waals surface area contributed by atoms with E-state index in [9.17, 15) is 4.79 Å². The third kappa shape index (κ3) is 3.62. The van der Waals surface area contributed by atoms with Gasteiger partial charge in [0.15, 0.2) is 0 Å². The number of carbonyl (C=O) groups excluding carboxylic acids is 1. The van der Waals surface area contributed by atoms with Gasteiger partial charge in [0.25, 0.3) is 0 Å². The molecule has 5 heteroatoms. The van der Waals surface area contributed by atoms with E-state index in [4.69, 9.17) is 16.3 Å². The summed E-state index contributed by atoms with van der Waals surface area (Å²) in [6.45, 7) is 2.11. The molecule has 1 aromatic carbocycles. The Kier molecular flexibility index (Phi) is 4.92. The van der Waals surface area contributed by atoms with Crippen molar-refractivity contribution in [2.75, 3.05) is 30.2 Å². The van der Waals surface area contributed by atoms with Crippen LogP contribution in [0.15, 0.2) is 18.2 Å². The molecule has 1 amide bonds. The van der Waals surface area contributed by atoms with Gasteiger partial charge in [0.1, 0.15) is 5.75 Å². The maximum atomic E-state index is 10.9. The van der Waals surface area contributed by atoms with E-state index in [1.165, 1.54) is 6.92 Å². The van der Waals surface area contributed by atoms with Crippen molar-refractivity contribution in [3.63, 3.8) is 0 Å². The Morgan fingerprint density at radius 1 is 1.50 bits per heavy atom. The van der Waals surface area contributed by atoms with Crippen LogP contribution in [0.2, 0.25) is 0 Å². The maximum absolute atomic E-state index is 10.9. The second-order valence-corrected chi connectivity index (χ2v) is 3.59. The predicted octanol–water partition coefficient (Wildman–Crippen LogP) is 2.30. The number of hydrogen-bond acceptors (Lipinski definition) is 3. The Morgan fingerprint density at radius 2 is 2.25 bits per heavy atom. The number of nitrogens with one attached hydrogen (secondary N) is 2. The first kappa shape index (κ1) is 12.6. The molecule has 0 bridgehead atoms. The van der Waals surface area contributed by atoms with Gasteiger partial charge in [-0.1, -0.05) is 0 Å². The summed E-state index contributed by atoms with van der Waals surface area (Å²) in [6.07, 6.45) is 0. The van der Waals surface area contributed by atoms with Gasteiger partial charge < -0.3 is 15.4 Å². The SMILES string of the molecule is COc1ccc(NC(C)=O)cc1NCCCl. The molecule has 0 aliphatic heterocycles. The number of hydrogen-bond donors (Lipinski definition) is 2. The van der Waals surface area contributed by atoms with Crippen molar-refractivity contribution in [3.05, 3.63) is 18.2 Å². The van der Waals surface area contributed by atoms with E-state index in [0.717, 1.165) is 17.1 Å². The summed E-state index contributed by atoms with van der Waals surface area (Å²) in [5, 5.41) is 5.82. The van der Waals surface area contributed by atoms with Crippen molar-refractivity contribution in [1.82, 2.24) is 0 Å². The smallest absolute Gasteiger partial charge is 0.221 e. The lowest BCUT2D eigenvalue weighted by Crippen LogP contribution is -2.08. The van der Waals surface area contributed by atoms with Gasteiger partial charge in [-0.2, -0.15) is 0 Å². The van der Waals surface area contributed by atoms with Crippen LogP contribution in [0.25, 0.3) is 0 Å². The largest absolute Gasteiger partial charge is 0.495 e. The number of methoxy groups -OCH3 is 1. The molecule has 0 atom stereocenters. The first-order valence-corrected chi connectivity index (χ1v) is 5.46. The highest BCUT2D eigenvalue weighted by Gasteiger charge is 2.04. The van der Waals surface area contributed by atoms with Crippen molar-refractivity contribution >= 4 is 28.9 Å². The lowest BCUT2D eigenvalue weighted by molar-refractivity contribution is -0.114. The lowest BCUT2D eigenvalue weighted by atomic mass is 10.2. The van der Waals surface area contributed by atoms with Gasteiger partial charge in [0.2, 0.25) is 5.91 Å². The summed E-state index contributed by atoms with van der Waals surface area (Å²) in [5.74, 6) is 1.13. The topological polar surface area (TPSA) is 50.4 Å². The van der Waals surface area contributed by atoms with Crippen LogP contribution in [0, 0.1) is 0 Å². The van der Waals surface area contributed by atoms with Gasteiger partial charge >= 0.3 is 0 Å². The van der Waals surface area contributed by atoms with Gasteiger partial charge in [-0.15, -0.1) is 11.6 Å². The molecule has 4 nitrogen and oxygen atoms in total. The molecular weight excluding hydrogens is 228 g/mol. The van der Waals surface area contributed by atoms with E-state index in [2.05, 4.69) is 10.6 Å². The van der Waals surface area contributed by atoms with Crippen LogP contribution in [0.1, 0.15) is 6.92 Å². The molecule has 1 rings (SSSR count). The number of benzene rings is 1. The number of anilines is 2. The van der Waals surface area contributed by atoms with Gasteiger partial charge in [0.05, 0.1) is 12.8 Å². The zero-order chi connectivity index (χ0) is 12.0. The third-order valence-electron chi connectivity index (χ3n) is 1.93. The van der Waals surface area contributed by atoms with E-state index in [-0.39, 0.29) is 5.91 Å². The van der Waals surface area contributed by atoms with Crippen LogP contribution in [-0.4, -0.2) is 25.4 Å². The zero-order valence-corrected chi connectivity index (χ0v) is 10.1. The fourth-order valence-electron chi connectivity index (χ4n) is 1.31. The van der Waals surface area contributed by atoms with Gasteiger partial charge in [-0.25, -0.2) is 0 Å². The number of alkyl halides is 1. The van der Waals surface area contributed by atoms with E-state index in [1.54, 1.807) is 19.2 Å². The van der Waals surface area contributed by atoms with Crippen LogP contribution in [0.5, 0.6) is 5.75 Å². The molecule has 0 saturated carbocycles. The number of amides is 1. The van der Waals surface area contributed by atoms with Crippen LogP contribution in [-0.2, 0) is 4.79 Å². The highest BCUT2D eigenvalue weighted by Crippen LogP contribution is 2.27. The molecule has 0 fully saturated rings. The first-order chi connectivity index (χ1) is 7.67. The number of halogens is 1. The molecule has 88 valence electrons. The van der Waals surface area contributed by atoms with E-state index < -0.39 is 0 Å². The molecule has 0 unspecified atom stereocenters. The number of ether oxygens (including phenoxy) is 1. The molecule has 16 heavy (non-hydrogen) atoms. The summed E-state index contributed by atoms with van der Waals surface area (Å²) in [6, 6.07) is 5.39. The monoisotopic (exact) mass is 242 g/mol. The van der Waals surface area contributed by atoms with Crippen LogP contribution < -0.4 is 15.4 Å². The normalized spacial score (nSPS) is 9.69. The first-order valence-electron chi connectivity index (χ1n) is 4.93. The fourth-order valence-corrected chi connectivity index (χ4v) is 1.40. The quantitative estimate of drug-likeness (QED) is 0.779. The maximum Gasteiger partial charge on any atom is 0.221 e. The Bertz CT molecular complexity index is 369. The second kappa shape index (κ2) is 6.23. The van der Waals surface area contributed by atoms with Crippen LogP contribution in [0.3, 0.4) is 0 Å². The van der Waals surface area contributed by atoms with Crippen LogP contribution >= 0.6 is 11.6 Å². The van der Waals surface area contributed by atoms with E-state index >= 15 is 0 Å². The van der Waals surface area contributed by atoms with Gasteiger partial charge in [-0.05, 0) is 18.2 Å². The molecule has 0 radical (unpaired) electrons. The molecule has 1 aromatic rings. The Labute approximate surface area is 99.9 Å². The minimum absolute atomic E-state index is 0.103. The lowest BCUT2D eigenvalue weighted by Gasteiger charge is -2.12. The van der Waals surface area contributed by atoms with E-state index in [1.807, 2.05) is 6.07 Å². The molecule has 0 heterocycles. The molecule has 0 spiro atoms. The Balaban J connectivity index is 2.87. The van der Waals surface area contributed by atoms with Gasteiger partial charge in [-0.3, -0.25) is 4.79 Å². The summed E-state index contributed by atoms with van der Waals surface area (Å²) >= 11 is 5.60. The third-order valence-corrected chi connectivity index (χ3v) is 2.12. The van der Waals surface area contributed by atoms with Crippen LogP contribution in [0.4, 0.5) is 11.4 Å². The summed E-state index contributed by atoms with van der Waals surface area (Å²) in [7, 11) is 1.60. The van der Waals surface area contributed by atoms with E-state index in [0.29, 0.717) is 12.4 Å². The molecule has 0 aliphatic rings. The minimum atomic E-state index is -0.103. The summed E-state index contributed by atoms with van der Waals surface area (Å²) in [4.78, 5) is 10.9. The standard InChI is InChI=1S/C11H15ClN2O2/c1-8(15)14-9-3-4-11(16-2)10(7-9)13-6-5-12/h3-4,7,13H,5-6H2,1-2H3,(H,14,15). The number of carbonyl (C=O) groups is 1. The molecule has 0 saturated heterocycles. The summed E-state index contributed by atoms with van der Waals surface area (Å²) in [5.41, 5.74) is 1.54. The highest BCUT2D eigenvalue weighted by molar-refractivity contribution is 6.18. The molecular formula is C11H15ClN2O2. The van der Waals surface area contributed by atoms with Crippen molar-refractivity contribution in [2.24, 2.45) is 0 Å². The minimum Gasteiger partial charge on any atom is -0.495 e. The van der Waals surface area contributed by atoms with Gasteiger partial charge in [0, 0.05) is 25.0 Å². The molecule has 0 aromatic heterocycles.